The van der Waals surface area contributed by atoms with Gasteiger partial charge in [0.15, 0.2) is 0 Å². The quantitative estimate of drug-likeness (QED) is 0.177. The van der Waals surface area contributed by atoms with E-state index in [-0.39, 0.29) is 0 Å². The standard InChI is InChI=1S/2C18H15P.C3H8/c2*1-4-10-16(11-5-1)19(17-12-6-2-7-13-17)18-14-8-3-9-15-18;1-3-2/h2*1-15H;3H2,1-2H3. The monoisotopic (exact) mass is 568 g/mol. The first kappa shape index (κ1) is 30.1. The summed E-state index contributed by atoms with van der Waals surface area (Å²) in [5, 5.41) is 8.39. The zero-order valence-electron chi connectivity index (χ0n) is 23.9. The van der Waals surface area contributed by atoms with Gasteiger partial charge >= 0.3 is 0 Å². The molecule has 0 saturated heterocycles. The Morgan fingerprint density at radius 3 is 0.512 bits per heavy atom. The molecule has 0 aromatic heterocycles. The molecule has 0 saturated carbocycles. The molecule has 0 aliphatic carbocycles. The Hall–Kier alpha value is -3.82. The molecule has 0 atom stereocenters. The molecular weight excluding hydrogens is 530 g/mol. The van der Waals surface area contributed by atoms with Crippen LogP contribution in [0, 0.1) is 0 Å². The molecule has 204 valence electrons. The number of hydrogen-bond acceptors (Lipinski definition) is 0. The van der Waals surface area contributed by atoms with Crippen LogP contribution in [0.2, 0.25) is 0 Å². The molecular formula is C39H38P2. The molecule has 0 heterocycles. The van der Waals surface area contributed by atoms with Crippen molar-refractivity contribution in [1.29, 1.82) is 0 Å². The van der Waals surface area contributed by atoms with Crippen LogP contribution in [0.5, 0.6) is 0 Å². The fourth-order valence-electron chi connectivity index (χ4n) is 4.36. The summed E-state index contributed by atoms with van der Waals surface area (Å²) in [7, 11) is -0.892. The highest BCUT2D eigenvalue weighted by molar-refractivity contribution is 7.80. The average Bonchev–Trinajstić information content (AvgIpc) is 3.05. The highest BCUT2D eigenvalue weighted by Gasteiger charge is 2.16. The summed E-state index contributed by atoms with van der Waals surface area (Å²) in [6, 6.07) is 64.7. The van der Waals surface area contributed by atoms with Crippen LogP contribution in [0.4, 0.5) is 0 Å². The smallest absolute Gasteiger partial charge is 0.0134 e. The van der Waals surface area contributed by atoms with E-state index in [0.717, 1.165) is 0 Å². The van der Waals surface area contributed by atoms with E-state index in [1.54, 1.807) is 0 Å². The molecule has 6 aromatic rings. The molecule has 0 spiro atoms. The maximum Gasteiger partial charge on any atom is -0.0134 e. The molecule has 0 bridgehead atoms. The van der Waals surface area contributed by atoms with E-state index in [9.17, 15) is 0 Å². The summed E-state index contributed by atoms with van der Waals surface area (Å²) >= 11 is 0. The largest absolute Gasteiger partial charge is 0.0656 e. The molecule has 41 heavy (non-hydrogen) atoms. The molecule has 2 heteroatoms. The minimum atomic E-state index is -0.446. The highest BCUT2D eigenvalue weighted by Crippen LogP contribution is 2.33. The Kier molecular flexibility index (Phi) is 12.6. The number of benzene rings is 6. The van der Waals surface area contributed by atoms with Gasteiger partial charge in [0, 0.05) is 0 Å². The van der Waals surface area contributed by atoms with Crippen LogP contribution >= 0.6 is 15.8 Å². The van der Waals surface area contributed by atoms with Crippen LogP contribution in [-0.2, 0) is 0 Å². The lowest BCUT2D eigenvalue weighted by atomic mass is 10.4. The van der Waals surface area contributed by atoms with Gasteiger partial charge in [-0.05, 0) is 47.7 Å². The predicted octanol–water partition coefficient (Wildman–Crippen LogP) is 8.31. The Balaban J connectivity index is 0.000000173. The summed E-state index contributed by atoms with van der Waals surface area (Å²) in [4.78, 5) is 0. The van der Waals surface area contributed by atoms with Crippen LogP contribution in [0.15, 0.2) is 182 Å². The minimum Gasteiger partial charge on any atom is -0.0656 e. The summed E-state index contributed by atoms with van der Waals surface area (Å²) in [6.45, 7) is 4.25. The van der Waals surface area contributed by atoms with E-state index in [0.29, 0.717) is 0 Å². The van der Waals surface area contributed by atoms with Crippen molar-refractivity contribution < 1.29 is 0 Å². The SMILES string of the molecule is CCC.c1ccc(P(c2ccccc2)c2ccccc2)cc1.c1ccc(P(c2ccccc2)c2ccccc2)cc1. The highest BCUT2D eigenvalue weighted by atomic mass is 31.1. The van der Waals surface area contributed by atoms with Gasteiger partial charge in [0.1, 0.15) is 0 Å². The molecule has 0 aliphatic heterocycles. The summed E-state index contributed by atoms with van der Waals surface area (Å²) in [6.07, 6.45) is 1.25. The lowest BCUT2D eigenvalue weighted by molar-refractivity contribution is 1.09. The molecule has 0 unspecified atom stereocenters. The molecule has 0 nitrogen and oxygen atoms in total. The number of hydrogen-bond donors (Lipinski definition) is 0. The molecule has 0 radical (unpaired) electrons. The van der Waals surface area contributed by atoms with Crippen molar-refractivity contribution in [2.24, 2.45) is 0 Å². The normalized spacial score (nSPS) is 10.2. The van der Waals surface area contributed by atoms with E-state index in [2.05, 4.69) is 196 Å². The Morgan fingerprint density at radius 2 is 0.390 bits per heavy atom. The summed E-state index contributed by atoms with van der Waals surface area (Å²) in [5.41, 5.74) is 0. The van der Waals surface area contributed by atoms with Crippen molar-refractivity contribution in [3.8, 4) is 0 Å². The molecule has 0 N–H and O–H groups in total. The van der Waals surface area contributed by atoms with Crippen LogP contribution in [-0.4, -0.2) is 0 Å². The Labute approximate surface area is 249 Å². The zero-order valence-corrected chi connectivity index (χ0v) is 25.7. The van der Waals surface area contributed by atoms with Crippen molar-refractivity contribution in [3.63, 3.8) is 0 Å². The van der Waals surface area contributed by atoms with Crippen molar-refractivity contribution in [2.75, 3.05) is 0 Å². The van der Waals surface area contributed by atoms with E-state index in [4.69, 9.17) is 0 Å². The molecule has 0 aliphatic rings. The minimum absolute atomic E-state index is 0.446. The molecule has 6 aromatic carbocycles. The van der Waals surface area contributed by atoms with Gasteiger partial charge in [0.25, 0.3) is 0 Å². The average molecular weight is 569 g/mol. The van der Waals surface area contributed by atoms with Crippen molar-refractivity contribution in [2.45, 2.75) is 20.3 Å². The van der Waals surface area contributed by atoms with Gasteiger partial charge in [-0.15, -0.1) is 0 Å². The van der Waals surface area contributed by atoms with Gasteiger partial charge in [0.2, 0.25) is 0 Å². The van der Waals surface area contributed by atoms with Crippen molar-refractivity contribution >= 4 is 47.7 Å². The summed E-state index contributed by atoms with van der Waals surface area (Å²) < 4.78 is 0. The topological polar surface area (TPSA) is 0 Å². The first-order valence-corrected chi connectivity index (χ1v) is 16.9. The van der Waals surface area contributed by atoms with E-state index in [1.807, 2.05) is 0 Å². The third-order valence-corrected chi connectivity index (χ3v) is 11.0. The van der Waals surface area contributed by atoms with Gasteiger partial charge in [-0.3, -0.25) is 0 Å². The van der Waals surface area contributed by atoms with Crippen LogP contribution in [0.25, 0.3) is 0 Å². The number of rotatable bonds is 6. The van der Waals surface area contributed by atoms with Crippen LogP contribution < -0.4 is 31.8 Å². The molecule has 0 amide bonds. The third-order valence-electron chi connectivity index (χ3n) is 6.09. The first-order valence-electron chi connectivity index (χ1n) is 14.2. The lowest BCUT2D eigenvalue weighted by Crippen LogP contribution is -2.20. The van der Waals surface area contributed by atoms with Crippen LogP contribution in [0.3, 0.4) is 0 Å². The fraction of sp³-hybridized carbons (Fsp3) is 0.0769. The van der Waals surface area contributed by atoms with Crippen molar-refractivity contribution in [3.05, 3.63) is 182 Å². The zero-order chi connectivity index (χ0) is 28.5. The van der Waals surface area contributed by atoms with E-state index in [1.165, 1.54) is 38.2 Å². The molecule has 6 rings (SSSR count). The van der Waals surface area contributed by atoms with Gasteiger partial charge < -0.3 is 0 Å². The first-order chi connectivity index (χ1) is 20.3. The van der Waals surface area contributed by atoms with Crippen molar-refractivity contribution in [1.82, 2.24) is 0 Å². The van der Waals surface area contributed by atoms with E-state index >= 15 is 0 Å². The second-order valence-corrected chi connectivity index (χ2v) is 13.8. The van der Waals surface area contributed by atoms with Gasteiger partial charge in [-0.1, -0.05) is 202 Å². The second-order valence-electron chi connectivity index (χ2n) is 9.39. The third kappa shape index (κ3) is 9.09. The Bertz CT molecular complexity index is 1180. The lowest BCUT2D eigenvalue weighted by Gasteiger charge is -2.18. The summed E-state index contributed by atoms with van der Waals surface area (Å²) in [5.74, 6) is 0. The Morgan fingerprint density at radius 1 is 0.268 bits per heavy atom. The van der Waals surface area contributed by atoms with Crippen LogP contribution in [0.1, 0.15) is 20.3 Å². The van der Waals surface area contributed by atoms with E-state index < -0.39 is 15.8 Å². The fourth-order valence-corrected chi connectivity index (χ4v) is 8.97. The second kappa shape index (κ2) is 17.1. The maximum absolute atomic E-state index is 2.23. The molecule has 0 fully saturated rings. The maximum atomic E-state index is 2.23. The van der Waals surface area contributed by atoms with Gasteiger partial charge in [-0.25, -0.2) is 0 Å². The predicted molar refractivity (Wildman–Crippen MR) is 186 cm³/mol. The van der Waals surface area contributed by atoms with Gasteiger partial charge in [0.05, 0.1) is 0 Å². The van der Waals surface area contributed by atoms with Gasteiger partial charge in [-0.2, -0.15) is 0 Å².